The third-order valence-electron chi connectivity index (χ3n) is 5.36. The number of halogens is 3. The van der Waals surface area contributed by atoms with Crippen molar-refractivity contribution in [1.82, 2.24) is 5.32 Å². The number of benzene rings is 1. The average molecular weight is 414 g/mol. The summed E-state index contributed by atoms with van der Waals surface area (Å²) in [5, 5.41) is 5.24. The second-order valence-corrected chi connectivity index (χ2v) is 7.51. The van der Waals surface area contributed by atoms with Crippen molar-refractivity contribution in [2.75, 3.05) is 25.1 Å². The summed E-state index contributed by atoms with van der Waals surface area (Å²) in [4.78, 5) is 24.3. The number of carbonyl (C=O) groups is 2. The van der Waals surface area contributed by atoms with E-state index in [0.29, 0.717) is 32.7 Å². The highest BCUT2D eigenvalue weighted by atomic mass is 19.4. The van der Waals surface area contributed by atoms with Crippen molar-refractivity contribution in [3.05, 3.63) is 29.3 Å². The van der Waals surface area contributed by atoms with Gasteiger partial charge in [0.05, 0.1) is 11.2 Å². The number of hydrogen-bond acceptors (Lipinski definition) is 4. The normalized spacial score (nSPS) is 21.6. The maximum atomic E-state index is 13.3. The molecule has 1 aromatic rings. The van der Waals surface area contributed by atoms with Gasteiger partial charge in [-0.3, -0.25) is 9.59 Å². The standard InChI is InChI=1S/C20H25F3N2O4/c1-2-17(26)24-16-10-13(9-14(11-16)20(21,22)23)18(27)25-15-3-6-29-19(12-15)4-7-28-8-5-19/h9-11,15H,2-8,12H2,1H3,(H,24,26)(H,25,27). The van der Waals surface area contributed by atoms with Gasteiger partial charge in [0, 0.05) is 43.5 Å². The maximum absolute atomic E-state index is 13.3. The topological polar surface area (TPSA) is 76.7 Å². The molecule has 2 fully saturated rings. The highest BCUT2D eigenvalue weighted by Gasteiger charge is 2.39. The maximum Gasteiger partial charge on any atom is 0.416 e. The van der Waals surface area contributed by atoms with Crippen LogP contribution in [0.25, 0.3) is 0 Å². The number of hydrogen-bond donors (Lipinski definition) is 2. The molecule has 6 nitrogen and oxygen atoms in total. The fraction of sp³-hybridized carbons (Fsp3) is 0.600. The van der Waals surface area contributed by atoms with E-state index in [-0.39, 0.29) is 29.3 Å². The van der Waals surface area contributed by atoms with Crippen molar-refractivity contribution in [2.24, 2.45) is 0 Å². The molecule has 1 spiro atoms. The monoisotopic (exact) mass is 414 g/mol. The lowest BCUT2D eigenvalue weighted by Crippen LogP contribution is -2.51. The average Bonchev–Trinajstić information content (AvgIpc) is 2.67. The highest BCUT2D eigenvalue weighted by Crippen LogP contribution is 2.35. The predicted molar refractivity (Wildman–Crippen MR) is 99.6 cm³/mol. The van der Waals surface area contributed by atoms with E-state index in [4.69, 9.17) is 9.47 Å². The van der Waals surface area contributed by atoms with Crippen molar-refractivity contribution in [3.8, 4) is 0 Å². The van der Waals surface area contributed by atoms with Crippen LogP contribution >= 0.6 is 0 Å². The largest absolute Gasteiger partial charge is 0.416 e. The quantitative estimate of drug-likeness (QED) is 0.791. The molecule has 0 aromatic heterocycles. The molecule has 3 rings (SSSR count). The van der Waals surface area contributed by atoms with E-state index in [1.54, 1.807) is 6.92 Å². The van der Waals surface area contributed by atoms with Gasteiger partial charge >= 0.3 is 6.18 Å². The first kappa shape index (κ1) is 21.6. The van der Waals surface area contributed by atoms with Crippen LogP contribution in [-0.2, 0) is 20.4 Å². The summed E-state index contributed by atoms with van der Waals surface area (Å²) in [5.41, 5.74) is -1.52. The smallest absolute Gasteiger partial charge is 0.381 e. The number of rotatable bonds is 4. The van der Waals surface area contributed by atoms with Gasteiger partial charge in [0.2, 0.25) is 5.91 Å². The van der Waals surface area contributed by atoms with Gasteiger partial charge < -0.3 is 20.1 Å². The number of amides is 2. The van der Waals surface area contributed by atoms with Gasteiger partial charge in [0.1, 0.15) is 0 Å². The number of alkyl halides is 3. The molecule has 160 valence electrons. The summed E-state index contributed by atoms with van der Waals surface area (Å²) in [5.74, 6) is -1.03. The molecule has 0 bridgehead atoms. The molecule has 1 atom stereocenters. The number of anilines is 1. The first-order valence-electron chi connectivity index (χ1n) is 9.75. The Labute approximate surface area is 167 Å². The summed E-state index contributed by atoms with van der Waals surface area (Å²) in [7, 11) is 0. The first-order chi connectivity index (χ1) is 13.7. The summed E-state index contributed by atoms with van der Waals surface area (Å²) in [6.07, 6.45) is -1.86. The highest BCUT2D eigenvalue weighted by molar-refractivity contribution is 5.97. The number of nitrogens with one attached hydrogen (secondary N) is 2. The van der Waals surface area contributed by atoms with E-state index >= 15 is 0 Å². The third kappa shape index (κ3) is 5.48. The van der Waals surface area contributed by atoms with E-state index in [0.717, 1.165) is 25.0 Å². The van der Waals surface area contributed by atoms with Gasteiger partial charge in [-0.1, -0.05) is 6.92 Å². The van der Waals surface area contributed by atoms with E-state index < -0.39 is 23.6 Å². The molecular weight excluding hydrogens is 389 g/mol. The van der Waals surface area contributed by atoms with Crippen LogP contribution in [0.1, 0.15) is 54.9 Å². The molecule has 9 heteroatoms. The Balaban J connectivity index is 1.76. The zero-order valence-corrected chi connectivity index (χ0v) is 16.2. The Morgan fingerprint density at radius 1 is 1.17 bits per heavy atom. The summed E-state index contributed by atoms with van der Waals surface area (Å²) in [6.45, 7) is 3.25. The van der Waals surface area contributed by atoms with Crippen molar-refractivity contribution in [1.29, 1.82) is 0 Å². The van der Waals surface area contributed by atoms with Gasteiger partial charge in [0.25, 0.3) is 5.91 Å². The molecule has 29 heavy (non-hydrogen) atoms. The Hall–Kier alpha value is -2.13. The van der Waals surface area contributed by atoms with E-state index in [9.17, 15) is 22.8 Å². The molecule has 2 saturated heterocycles. The molecule has 2 amide bonds. The van der Waals surface area contributed by atoms with Gasteiger partial charge in [-0.15, -0.1) is 0 Å². The second kappa shape index (κ2) is 8.71. The lowest BCUT2D eigenvalue weighted by molar-refractivity contribution is -0.139. The van der Waals surface area contributed by atoms with Gasteiger partial charge in [-0.2, -0.15) is 13.2 Å². The third-order valence-corrected chi connectivity index (χ3v) is 5.36. The van der Waals surface area contributed by atoms with Crippen LogP contribution in [0.15, 0.2) is 18.2 Å². The van der Waals surface area contributed by atoms with Crippen molar-refractivity contribution in [2.45, 2.75) is 56.8 Å². The number of ether oxygens (including phenoxy) is 2. The number of carbonyl (C=O) groups excluding carboxylic acids is 2. The van der Waals surface area contributed by atoms with Gasteiger partial charge in [-0.25, -0.2) is 0 Å². The van der Waals surface area contributed by atoms with Crippen molar-refractivity contribution >= 4 is 17.5 Å². The first-order valence-corrected chi connectivity index (χ1v) is 9.75. The Morgan fingerprint density at radius 3 is 2.55 bits per heavy atom. The molecule has 0 aliphatic carbocycles. The molecule has 2 heterocycles. The SMILES string of the molecule is CCC(=O)Nc1cc(C(=O)NC2CCOC3(CCOCC3)C2)cc(C(F)(F)F)c1. The van der Waals surface area contributed by atoms with Crippen LogP contribution in [0, 0.1) is 0 Å². The minimum absolute atomic E-state index is 0.0512. The minimum atomic E-state index is -4.63. The second-order valence-electron chi connectivity index (χ2n) is 7.51. The van der Waals surface area contributed by atoms with Crippen LogP contribution < -0.4 is 10.6 Å². The Bertz CT molecular complexity index is 755. The van der Waals surface area contributed by atoms with Crippen LogP contribution in [0.4, 0.5) is 18.9 Å². The lowest BCUT2D eigenvalue weighted by atomic mass is 9.84. The van der Waals surface area contributed by atoms with Gasteiger partial charge in [0.15, 0.2) is 0 Å². The van der Waals surface area contributed by atoms with Crippen LogP contribution in [0.3, 0.4) is 0 Å². The zero-order chi connectivity index (χ0) is 21.1. The molecule has 2 aliphatic rings. The van der Waals surface area contributed by atoms with Crippen molar-refractivity contribution < 1.29 is 32.2 Å². The molecule has 1 unspecified atom stereocenters. The van der Waals surface area contributed by atoms with Crippen LogP contribution in [0.2, 0.25) is 0 Å². The molecule has 2 aliphatic heterocycles. The Kier molecular flexibility index (Phi) is 6.48. The van der Waals surface area contributed by atoms with Crippen LogP contribution in [-0.4, -0.2) is 43.3 Å². The van der Waals surface area contributed by atoms with Gasteiger partial charge in [-0.05, 0) is 43.9 Å². The molecule has 0 saturated carbocycles. The molecule has 1 aromatic carbocycles. The minimum Gasteiger partial charge on any atom is -0.381 e. The molecular formula is C20H25F3N2O4. The summed E-state index contributed by atoms with van der Waals surface area (Å²) >= 11 is 0. The van der Waals surface area contributed by atoms with Crippen LogP contribution in [0.5, 0.6) is 0 Å². The lowest BCUT2D eigenvalue weighted by Gasteiger charge is -2.43. The van der Waals surface area contributed by atoms with E-state index in [1.165, 1.54) is 6.07 Å². The Morgan fingerprint density at radius 2 is 1.90 bits per heavy atom. The fourth-order valence-electron chi connectivity index (χ4n) is 3.76. The van der Waals surface area contributed by atoms with E-state index in [2.05, 4.69) is 10.6 Å². The van der Waals surface area contributed by atoms with E-state index in [1.807, 2.05) is 0 Å². The zero-order valence-electron chi connectivity index (χ0n) is 16.2. The molecule has 2 N–H and O–H groups in total. The summed E-state index contributed by atoms with van der Waals surface area (Å²) < 4.78 is 51.1. The summed E-state index contributed by atoms with van der Waals surface area (Å²) in [6, 6.07) is 2.70. The molecule has 0 radical (unpaired) electrons. The predicted octanol–water partition coefficient (Wildman–Crippen LogP) is 3.51. The van der Waals surface area contributed by atoms with Crippen molar-refractivity contribution in [3.63, 3.8) is 0 Å². The fourth-order valence-corrected chi connectivity index (χ4v) is 3.76.